The van der Waals surface area contributed by atoms with Crippen LogP contribution in [-0.4, -0.2) is 22.5 Å². The zero-order valence-corrected chi connectivity index (χ0v) is 15.0. The number of hydrogen-bond acceptors (Lipinski definition) is 3. The van der Waals surface area contributed by atoms with E-state index in [0.29, 0.717) is 6.54 Å². The summed E-state index contributed by atoms with van der Waals surface area (Å²) in [6.45, 7) is 1.41. The molecule has 0 amide bonds. The van der Waals surface area contributed by atoms with Crippen molar-refractivity contribution in [1.82, 2.24) is 4.90 Å². The summed E-state index contributed by atoms with van der Waals surface area (Å²) in [5, 5.41) is 11.6. The molecule has 0 spiro atoms. The lowest BCUT2D eigenvalue weighted by molar-refractivity contribution is -0.144. The number of fused-ring (bicyclic) bond motifs is 1. The summed E-state index contributed by atoms with van der Waals surface area (Å²) in [6.07, 6.45) is 0.925. The van der Waals surface area contributed by atoms with Gasteiger partial charge in [-0.05, 0) is 73.0 Å². The van der Waals surface area contributed by atoms with Crippen LogP contribution >= 0.6 is 43.2 Å². The fourth-order valence-corrected chi connectivity index (χ4v) is 4.28. The molecule has 6 heteroatoms. The first kappa shape index (κ1) is 15.2. The number of hydrogen-bond donors (Lipinski definition) is 1. The fraction of sp³-hybridized carbons (Fsp3) is 0.267. The molecular weight excluding hydrogens is 418 g/mol. The number of aliphatic carboxylic acids is 1. The minimum Gasteiger partial charge on any atom is -0.480 e. The first-order chi connectivity index (χ1) is 10.1. The summed E-state index contributed by atoms with van der Waals surface area (Å²) in [5.41, 5.74) is 2.06. The van der Waals surface area contributed by atoms with Crippen LogP contribution in [0.1, 0.15) is 22.0 Å². The van der Waals surface area contributed by atoms with Crippen LogP contribution in [0.25, 0.3) is 0 Å². The van der Waals surface area contributed by atoms with E-state index in [1.807, 2.05) is 34.5 Å². The molecule has 1 aromatic heterocycles. The highest BCUT2D eigenvalue weighted by Gasteiger charge is 2.33. The highest BCUT2D eigenvalue weighted by atomic mass is 79.9. The number of halogens is 2. The number of nitrogens with zero attached hydrogens (tertiary/aromatic N) is 1. The maximum absolute atomic E-state index is 11.7. The maximum atomic E-state index is 11.7. The van der Waals surface area contributed by atoms with Crippen LogP contribution in [-0.2, 0) is 17.8 Å². The van der Waals surface area contributed by atoms with E-state index < -0.39 is 12.0 Å². The Labute approximate surface area is 143 Å². The minimum atomic E-state index is -0.773. The zero-order chi connectivity index (χ0) is 15.0. The van der Waals surface area contributed by atoms with Gasteiger partial charge >= 0.3 is 5.97 Å². The van der Waals surface area contributed by atoms with Crippen LogP contribution in [0, 0.1) is 0 Å². The van der Waals surface area contributed by atoms with E-state index in [0.717, 1.165) is 33.0 Å². The lowest BCUT2D eigenvalue weighted by atomic mass is 9.99. The standard InChI is InChI=1S/C15H13Br2NO2S/c16-11-2-1-9(7-12(11)17)8-18-5-3-13-10(4-6-21-13)14(18)15(19)20/h1-2,4,6-7,14H,3,5,8H2,(H,19,20). The number of carboxylic acid groups (broad SMARTS) is 1. The lowest BCUT2D eigenvalue weighted by Crippen LogP contribution is -2.38. The Morgan fingerprint density at radius 3 is 2.86 bits per heavy atom. The molecule has 1 N–H and O–H groups in total. The molecular formula is C15H13Br2NO2S. The van der Waals surface area contributed by atoms with E-state index in [4.69, 9.17) is 0 Å². The van der Waals surface area contributed by atoms with Crippen molar-refractivity contribution in [3.63, 3.8) is 0 Å². The predicted molar refractivity (Wildman–Crippen MR) is 90.7 cm³/mol. The molecule has 0 fully saturated rings. The van der Waals surface area contributed by atoms with Gasteiger partial charge in [0.25, 0.3) is 0 Å². The van der Waals surface area contributed by atoms with Crippen LogP contribution in [0.15, 0.2) is 38.6 Å². The van der Waals surface area contributed by atoms with E-state index in [-0.39, 0.29) is 0 Å². The van der Waals surface area contributed by atoms with Crippen molar-refractivity contribution in [3.8, 4) is 0 Å². The Morgan fingerprint density at radius 1 is 1.33 bits per heavy atom. The molecule has 21 heavy (non-hydrogen) atoms. The van der Waals surface area contributed by atoms with Crippen molar-refractivity contribution in [2.75, 3.05) is 6.54 Å². The van der Waals surface area contributed by atoms with Crippen molar-refractivity contribution in [2.45, 2.75) is 19.0 Å². The molecule has 0 bridgehead atoms. The van der Waals surface area contributed by atoms with E-state index in [2.05, 4.69) is 31.9 Å². The molecule has 0 saturated carbocycles. The van der Waals surface area contributed by atoms with Gasteiger partial charge in [0.2, 0.25) is 0 Å². The third kappa shape index (κ3) is 3.08. The average Bonchev–Trinajstić information content (AvgIpc) is 2.90. The van der Waals surface area contributed by atoms with E-state index in [1.165, 1.54) is 4.88 Å². The van der Waals surface area contributed by atoms with E-state index in [1.54, 1.807) is 11.3 Å². The first-order valence-electron chi connectivity index (χ1n) is 6.53. The van der Waals surface area contributed by atoms with E-state index in [9.17, 15) is 9.90 Å². The van der Waals surface area contributed by atoms with Gasteiger partial charge in [0, 0.05) is 26.9 Å². The summed E-state index contributed by atoms with van der Waals surface area (Å²) in [5.74, 6) is -0.773. The zero-order valence-electron chi connectivity index (χ0n) is 11.1. The van der Waals surface area contributed by atoms with Gasteiger partial charge in [0.05, 0.1) is 0 Å². The third-order valence-electron chi connectivity index (χ3n) is 3.67. The molecule has 0 aliphatic carbocycles. The van der Waals surface area contributed by atoms with Crippen molar-refractivity contribution >= 4 is 49.2 Å². The molecule has 0 saturated heterocycles. The Bertz CT molecular complexity index is 686. The minimum absolute atomic E-state index is 0.539. The normalized spacial score (nSPS) is 18.5. The molecule has 3 nitrogen and oxygen atoms in total. The summed E-state index contributed by atoms with van der Waals surface area (Å²) >= 11 is 8.60. The van der Waals surface area contributed by atoms with Gasteiger partial charge in [-0.3, -0.25) is 9.69 Å². The topological polar surface area (TPSA) is 40.5 Å². The second-order valence-electron chi connectivity index (χ2n) is 5.01. The highest BCUT2D eigenvalue weighted by molar-refractivity contribution is 9.13. The van der Waals surface area contributed by atoms with Crippen molar-refractivity contribution in [2.24, 2.45) is 0 Å². The molecule has 3 rings (SSSR count). The van der Waals surface area contributed by atoms with Gasteiger partial charge in [-0.25, -0.2) is 0 Å². The monoisotopic (exact) mass is 429 g/mol. The highest BCUT2D eigenvalue weighted by Crippen LogP contribution is 2.35. The molecule has 0 radical (unpaired) electrons. The Morgan fingerprint density at radius 2 is 2.14 bits per heavy atom. The van der Waals surface area contributed by atoms with Crippen LogP contribution in [0.3, 0.4) is 0 Å². The summed E-state index contributed by atoms with van der Waals surface area (Å²) < 4.78 is 1.99. The molecule has 1 aromatic carbocycles. The molecule has 1 aliphatic rings. The Balaban J connectivity index is 1.88. The third-order valence-corrected chi connectivity index (χ3v) is 6.55. The number of carboxylic acids is 1. The lowest BCUT2D eigenvalue weighted by Gasteiger charge is -2.33. The molecule has 2 heterocycles. The van der Waals surface area contributed by atoms with Crippen molar-refractivity contribution < 1.29 is 9.90 Å². The van der Waals surface area contributed by atoms with Crippen molar-refractivity contribution in [1.29, 1.82) is 0 Å². The van der Waals surface area contributed by atoms with Crippen LogP contribution in [0.2, 0.25) is 0 Å². The molecule has 2 aromatic rings. The summed E-state index contributed by atoms with van der Waals surface area (Å²) in [6, 6.07) is 7.45. The van der Waals surface area contributed by atoms with Crippen LogP contribution in [0.4, 0.5) is 0 Å². The number of benzene rings is 1. The quantitative estimate of drug-likeness (QED) is 0.781. The summed E-state index contributed by atoms with van der Waals surface area (Å²) in [4.78, 5) is 14.9. The second-order valence-corrected chi connectivity index (χ2v) is 7.72. The van der Waals surface area contributed by atoms with Crippen molar-refractivity contribution in [3.05, 3.63) is 54.6 Å². The van der Waals surface area contributed by atoms with Crippen LogP contribution in [0.5, 0.6) is 0 Å². The maximum Gasteiger partial charge on any atom is 0.325 e. The van der Waals surface area contributed by atoms with Gasteiger partial charge in [0.15, 0.2) is 0 Å². The van der Waals surface area contributed by atoms with Gasteiger partial charge in [-0.2, -0.15) is 0 Å². The number of rotatable bonds is 3. The van der Waals surface area contributed by atoms with Crippen LogP contribution < -0.4 is 0 Å². The predicted octanol–water partition coefficient (Wildman–Crippen LogP) is 4.46. The summed E-state index contributed by atoms with van der Waals surface area (Å²) in [7, 11) is 0. The SMILES string of the molecule is O=C(O)C1c2ccsc2CCN1Cc1ccc(Br)c(Br)c1. The number of thiophene rings is 1. The van der Waals surface area contributed by atoms with Gasteiger partial charge in [-0.1, -0.05) is 6.07 Å². The van der Waals surface area contributed by atoms with Gasteiger partial charge in [-0.15, -0.1) is 11.3 Å². The van der Waals surface area contributed by atoms with Gasteiger partial charge in [0.1, 0.15) is 6.04 Å². The molecule has 1 unspecified atom stereocenters. The largest absolute Gasteiger partial charge is 0.480 e. The number of carbonyl (C=O) groups is 1. The Kier molecular flexibility index (Phi) is 4.49. The fourth-order valence-electron chi connectivity index (χ4n) is 2.70. The second kappa shape index (κ2) is 6.20. The molecule has 1 atom stereocenters. The average molecular weight is 431 g/mol. The molecule has 110 valence electrons. The smallest absolute Gasteiger partial charge is 0.325 e. The Hall–Kier alpha value is -0.690. The first-order valence-corrected chi connectivity index (χ1v) is 9.00. The molecule has 1 aliphatic heterocycles. The van der Waals surface area contributed by atoms with Gasteiger partial charge < -0.3 is 5.11 Å². The van der Waals surface area contributed by atoms with E-state index >= 15 is 0 Å².